The third kappa shape index (κ3) is 1.73. The van der Waals surface area contributed by atoms with E-state index < -0.39 is 5.97 Å². The van der Waals surface area contributed by atoms with Gasteiger partial charge in [0, 0.05) is 29.4 Å². The van der Waals surface area contributed by atoms with Crippen LogP contribution in [0.5, 0.6) is 0 Å². The van der Waals surface area contributed by atoms with Gasteiger partial charge >= 0.3 is 5.97 Å². The van der Waals surface area contributed by atoms with Crippen molar-refractivity contribution in [2.45, 2.75) is 26.4 Å². The molecular formula is C12H14N2O3. The summed E-state index contributed by atoms with van der Waals surface area (Å²) in [6, 6.07) is 2.87. The van der Waals surface area contributed by atoms with Gasteiger partial charge in [-0.15, -0.1) is 0 Å². The molecular weight excluding hydrogens is 220 g/mol. The highest BCUT2D eigenvalue weighted by Crippen LogP contribution is 2.30. The summed E-state index contributed by atoms with van der Waals surface area (Å²) in [6.07, 6.45) is 0. The van der Waals surface area contributed by atoms with Gasteiger partial charge in [0.25, 0.3) is 5.91 Å². The summed E-state index contributed by atoms with van der Waals surface area (Å²) < 4.78 is 0. The molecule has 1 aromatic rings. The van der Waals surface area contributed by atoms with E-state index in [-0.39, 0.29) is 17.5 Å². The molecule has 0 radical (unpaired) electrons. The lowest BCUT2D eigenvalue weighted by Gasteiger charge is -2.19. The van der Waals surface area contributed by atoms with Crippen LogP contribution in [-0.2, 0) is 6.54 Å². The molecule has 5 heteroatoms. The van der Waals surface area contributed by atoms with Crippen molar-refractivity contribution in [3.8, 4) is 0 Å². The van der Waals surface area contributed by atoms with Crippen molar-refractivity contribution in [3.63, 3.8) is 0 Å². The number of nitrogens with zero attached hydrogens (tertiary/aromatic N) is 1. The Labute approximate surface area is 98.8 Å². The average molecular weight is 234 g/mol. The zero-order valence-electron chi connectivity index (χ0n) is 9.73. The van der Waals surface area contributed by atoms with Gasteiger partial charge in [-0.1, -0.05) is 0 Å². The maximum atomic E-state index is 12.0. The van der Waals surface area contributed by atoms with Gasteiger partial charge < -0.3 is 15.7 Å². The van der Waals surface area contributed by atoms with E-state index in [9.17, 15) is 9.59 Å². The van der Waals surface area contributed by atoms with E-state index in [4.69, 9.17) is 10.8 Å². The summed E-state index contributed by atoms with van der Waals surface area (Å²) in [6.45, 7) is 4.29. The summed E-state index contributed by atoms with van der Waals surface area (Å²) in [4.78, 5) is 24.6. The highest BCUT2D eigenvalue weighted by Gasteiger charge is 2.31. The Bertz CT molecular complexity index is 509. The minimum atomic E-state index is -1.07. The number of rotatable bonds is 2. The second kappa shape index (κ2) is 3.76. The Kier molecular flexibility index (Phi) is 2.53. The summed E-state index contributed by atoms with van der Waals surface area (Å²) in [5.41, 5.74) is 7.36. The summed E-state index contributed by atoms with van der Waals surface area (Å²) in [5.74, 6) is -1.22. The van der Waals surface area contributed by atoms with Gasteiger partial charge in [0.1, 0.15) is 0 Å². The SMILES string of the molecule is CC(C)N1Cc2c(N)cc(C(=O)O)cc2C1=O. The van der Waals surface area contributed by atoms with Crippen LogP contribution in [0.15, 0.2) is 12.1 Å². The fraction of sp³-hybridized carbons (Fsp3) is 0.333. The molecule has 0 aromatic heterocycles. The smallest absolute Gasteiger partial charge is 0.335 e. The second-order valence-electron chi connectivity index (χ2n) is 4.42. The minimum Gasteiger partial charge on any atom is -0.478 e. The molecule has 5 nitrogen and oxygen atoms in total. The highest BCUT2D eigenvalue weighted by molar-refractivity contribution is 6.03. The fourth-order valence-electron chi connectivity index (χ4n) is 2.00. The number of carbonyl (C=O) groups is 2. The lowest BCUT2D eigenvalue weighted by molar-refractivity contribution is 0.0696. The Morgan fingerprint density at radius 1 is 1.47 bits per heavy atom. The normalized spacial score (nSPS) is 14.3. The molecule has 0 spiro atoms. The summed E-state index contributed by atoms with van der Waals surface area (Å²) >= 11 is 0. The first kappa shape index (κ1) is 11.4. The van der Waals surface area contributed by atoms with Crippen molar-refractivity contribution in [2.24, 2.45) is 0 Å². The molecule has 1 aromatic carbocycles. The standard InChI is InChI=1S/C12H14N2O3/c1-6(2)14-5-9-8(11(14)15)3-7(12(16)17)4-10(9)13/h3-4,6H,5,13H2,1-2H3,(H,16,17). The summed E-state index contributed by atoms with van der Waals surface area (Å²) in [5, 5.41) is 8.92. The van der Waals surface area contributed by atoms with Gasteiger partial charge in [-0.25, -0.2) is 4.79 Å². The number of hydrogen-bond donors (Lipinski definition) is 2. The molecule has 1 heterocycles. The zero-order chi connectivity index (χ0) is 12.7. The van der Waals surface area contributed by atoms with E-state index in [0.717, 1.165) is 5.56 Å². The first-order valence-electron chi connectivity index (χ1n) is 5.38. The molecule has 0 saturated heterocycles. The Hall–Kier alpha value is -2.04. The minimum absolute atomic E-state index is 0.0557. The van der Waals surface area contributed by atoms with Crippen LogP contribution in [0, 0.1) is 0 Å². The van der Waals surface area contributed by atoms with Crippen molar-refractivity contribution >= 4 is 17.6 Å². The van der Waals surface area contributed by atoms with E-state index in [1.165, 1.54) is 12.1 Å². The van der Waals surface area contributed by atoms with E-state index in [1.807, 2.05) is 13.8 Å². The number of fused-ring (bicyclic) bond motifs is 1. The molecule has 0 unspecified atom stereocenters. The Morgan fingerprint density at radius 2 is 2.12 bits per heavy atom. The molecule has 0 atom stereocenters. The van der Waals surface area contributed by atoms with Crippen LogP contribution >= 0.6 is 0 Å². The van der Waals surface area contributed by atoms with Crippen LogP contribution in [-0.4, -0.2) is 27.9 Å². The third-order valence-electron chi connectivity index (χ3n) is 2.97. The van der Waals surface area contributed by atoms with Crippen molar-refractivity contribution in [2.75, 3.05) is 5.73 Å². The second-order valence-corrected chi connectivity index (χ2v) is 4.42. The summed E-state index contributed by atoms with van der Waals surface area (Å²) in [7, 11) is 0. The Morgan fingerprint density at radius 3 is 2.65 bits per heavy atom. The average Bonchev–Trinajstić information content (AvgIpc) is 2.57. The number of anilines is 1. The molecule has 17 heavy (non-hydrogen) atoms. The first-order chi connectivity index (χ1) is 7.91. The quantitative estimate of drug-likeness (QED) is 0.756. The number of nitrogens with two attached hydrogens (primary N) is 1. The highest BCUT2D eigenvalue weighted by atomic mass is 16.4. The van der Waals surface area contributed by atoms with Crippen LogP contribution in [0.2, 0.25) is 0 Å². The predicted octanol–water partition coefficient (Wildman–Crippen LogP) is 1.33. The van der Waals surface area contributed by atoms with Crippen LogP contribution in [0.4, 0.5) is 5.69 Å². The Balaban J connectivity index is 2.52. The van der Waals surface area contributed by atoms with Crippen LogP contribution in [0.3, 0.4) is 0 Å². The topological polar surface area (TPSA) is 83.6 Å². The molecule has 0 saturated carbocycles. The van der Waals surface area contributed by atoms with Crippen LogP contribution in [0.25, 0.3) is 0 Å². The lowest BCUT2D eigenvalue weighted by Crippen LogP contribution is -2.30. The number of hydrogen-bond acceptors (Lipinski definition) is 3. The monoisotopic (exact) mass is 234 g/mol. The molecule has 1 amide bonds. The van der Waals surface area contributed by atoms with E-state index in [2.05, 4.69) is 0 Å². The fourth-order valence-corrected chi connectivity index (χ4v) is 2.00. The third-order valence-corrected chi connectivity index (χ3v) is 2.97. The van der Waals surface area contributed by atoms with Crippen molar-refractivity contribution in [1.29, 1.82) is 0 Å². The number of benzene rings is 1. The van der Waals surface area contributed by atoms with Crippen molar-refractivity contribution in [3.05, 3.63) is 28.8 Å². The maximum absolute atomic E-state index is 12.0. The number of amides is 1. The molecule has 0 bridgehead atoms. The van der Waals surface area contributed by atoms with Crippen LogP contribution in [0.1, 0.15) is 40.1 Å². The molecule has 90 valence electrons. The van der Waals surface area contributed by atoms with Gasteiger partial charge in [0.2, 0.25) is 0 Å². The lowest BCUT2D eigenvalue weighted by atomic mass is 10.0. The van der Waals surface area contributed by atoms with Gasteiger partial charge in [0.15, 0.2) is 0 Å². The maximum Gasteiger partial charge on any atom is 0.335 e. The van der Waals surface area contributed by atoms with Crippen LogP contribution < -0.4 is 5.73 Å². The first-order valence-corrected chi connectivity index (χ1v) is 5.38. The van der Waals surface area contributed by atoms with Gasteiger partial charge in [-0.3, -0.25) is 4.79 Å². The van der Waals surface area contributed by atoms with Gasteiger partial charge in [-0.05, 0) is 26.0 Å². The molecule has 1 aliphatic rings. The van der Waals surface area contributed by atoms with E-state index >= 15 is 0 Å². The van der Waals surface area contributed by atoms with E-state index in [1.54, 1.807) is 4.90 Å². The molecule has 0 aliphatic carbocycles. The van der Waals surface area contributed by atoms with Gasteiger partial charge in [-0.2, -0.15) is 0 Å². The van der Waals surface area contributed by atoms with Gasteiger partial charge in [0.05, 0.1) is 5.56 Å². The van der Waals surface area contributed by atoms with E-state index in [0.29, 0.717) is 17.8 Å². The number of carboxylic acids is 1. The number of carboxylic acid groups (broad SMARTS) is 1. The predicted molar refractivity (Wildman–Crippen MR) is 62.8 cm³/mol. The zero-order valence-corrected chi connectivity index (χ0v) is 9.73. The number of carbonyl (C=O) groups excluding carboxylic acids is 1. The van der Waals surface area contributed by atoms with Crippen molar-refractivity contribution < 1.29 is 14.7 Å². The largest absolute Gasteiger partial charge is 0.478 e. The number of aromatic carboxylic acids is 1. The molecule has 3 N–H and O–H groups in total. The molecule has 2 rings (SSSR count). The van der Waals surface area contributed by atoms with Crippen molar-refractivity contribution in [1.82, 2.24) is 4.90 Å². The molecule has 0 fully saturated rings. The number of nitrogen functional groups attached to an aromatic ring is 1. The molecule has 1 aliphatic heterocycles.